The maximum absolute atomic E-state index is 11.2. The van der Waals surface area contributed by atoms with Gasteiger partial charge in [-0.3, -0.25) is 4.57 Å². The molecule has 0 bridgehead atoms. The highest BCUT2D eigenvalue weighted by Crippen LogP contribution is 2.22. The summed E-state index contributed by atoms with van der Waals surface area (Å²) in [6.07, 6.45) is 5.93. The van der Waals surface area contributed by atoms with Crippen LogP contribution in [0.5, 0.6) is 0 Å². The predicted octanol–water partition coefficient (Wildman–Crippen LogP) is 3.63. The van der Waals surface area contributed by atoms with E-state index in [-0.39, 0.29) is 0 Å². The lowest BCUT2D eigenvalue weighted by atomic mass is 9.99. The van der Waals surface area contributed by atoms with Gasteiger partial charge in [0.1, 0.15) is 0 Å². The summed E-state index contributed by atoms with van der Waals surface area (Å²) in [6, 6.07) is 0. The highest BCUT2D eigenvalue weighted by atomic mass is 31.1. The van der Waals surface area contributed by atoms with Gasteiger partial charge in [0.15, 0.2) is 0 Å². The van der Waals surface area contributed by atoms with Gasteiger partial charge in [0.05, 0.1) is 13.2 Å². The predicted molar refractivity (Wildman–Crippen MR) is 77.4 cm³/mol. The number of hydrogen-bond acceptors (Lipinski definition) is 4. The Morgan fingerprint density at radius 2 is 1.83 bits per heavy atom. The molecule has 0 radical (unpaired) electrons. The molecule has 1 N–H and O–H groups in total. The fraction of sp³-hybridized carbons (Fsp3) is 1.00. The zero-order valence-electron chi connectivity index (χ0n) is 12.2. The third-order valence-corrected chi connectivity index (χ3v) is 3.78. The zero-order valence-corrected chi connectivity index (χ0v) is 13.2. The van der Waals surface area contributed by atoms with Crippen LogP contribution in [0.3, 0.4) is 0 Å². The Kier molecular flexibility index (Phi) is 13.6. The molecule has 0 aromatic rings. The van der Waals surface area contributed by atoms with E-state index in [4.69, 9.17) is 9.05 Å². The Morgan fingerprint density at radius 1 is 1.11 bits per heavy atom. The second-order valence-corrected chi connectivity index (χ2v) is 5.64. The number of unbranched alkanes of at least 4 members (excludes halogenated alkanes) is 1. The number of hydrogen-bond donors (Lipinski definition) is 1. The average Bonchev–Trinajstić information content (AvgIpc) is 2.39. The highest BCUT2D eigenvalue weighted by Gasteiger charge is 2.05. The third-order valence-electron chi connectivity index (χ3n) is 2.90. The molecule has 0 aliphatic heterocycles. The summed E-state index contributed by atoms with van der Waals surface area (Å²) in [5.41, 5.74) is 0. The van der Waals surface area contributed by atoms with Crippen molar-refractivity contribution in [2.45, 2.75) is 52.9 Å². The van der Waals surface area contributed by atoms with Crippen molar-refractivity contribution >= 4 is 8.25 Å². The summed E-state index contributed by atoms with van der Waals surface area (Å²) in [4.78, 5) is 0. The van der Waals surface area contributed by atoms with E-state index >= 15 is 0 Å². The minimum atomic E-state index is -2.26. The van der Waals surface area contributed by atoms with Gasteiger partial charge in [-0.1, -0.05) is 40.0 Å². The molecule has 0 amide bonds. The lowest BCUT2D eigenvalue weighted by Crippen LogP contribution is -2.25. The maximum Gasteiger partial charge on any atom is 0.319 e. The average molecular weight is 279 g/mol. The standard InChI is InChI=1S/C13H30NO3P/c1-4-7-8-13(6-3)12-14-9-11-17-18(15)16-10-5-2/h13-14,18H,4-12H2,1-3H3. The Bertz CT molecular complexity index is 203. The van der Waals surface area contributed by atoms with Gasteiger partial charge in [0.25, 0.3) is 0 Å². The molecule has 5 heteroatoms. The van der Waals surface area contributed by atoms with Gasteiger partial charge in [-0.25, -0.2) is 0 Å². The van der Waals surface area contributed by atoms with Crippen LogP contribution in [0, 0.1) is 5.92 Å². The van der Waals surface area contributed by atoms with Crippen LogP contribution in [0.4, 0.5) is 0 Å². The fourth-order valence-corrected chi connectivity index (χ4v) is 2.41. The minimum absolute atomic E-state index is 0.464. The molecule has 0 fully saturated rings. The van der Waals surface area contributed by atoms with Crippen LogP contribution in [0.15, 0.2) is 0 Å². The van der Waals surface area contributed by atoms with Crippen molar-refractivity contribution in [3.8, 4) is 0 Å². The summed E-state index contributed by atoms with van der Waals surface area (Å²) in [5.74, 6) is 0.748. The van der Waals surface area contributed by atoms with Crippen molar-refractivity contribution in [1.29, 1.82) is 0 Å². The highest BCUT2D eigenvalue weighted by molar-refractivity contribution is 7.33. The molecule has 0 aromatic heterocycles. The van der Waals surface area contributed by atoms with Gasteiger partial charge in [0.2, 0.25) is 0 Å². The quantitative estimate of drug-likeness (QED) is 0.413. The van der Waals surface area contributed by atoms with E-state index in [1.54, 1.807) is 0 Å². The van der Waals surface area contributed by atoms with E-state index in [9.17, 15) is 4.57 Å². The molecule has 0 aliphatic carbocycles. The van der Waals surface area contributed by atoms with Gasteiger partial charge < -0.3 is 14.4 Å². The molecule has 0 rings (SSSR count). The summed E-state index contributed by atoms with van der Waals surface area (Å²) in [5, 5.41) is 3.35. The third kappa shape index (κ3) is 11.2. The van der Waals surface area contributed by atoms with Crippen LogP contribution in [-0.4, -0.2) is 26.3 Å². The van der Waals surface area contributed by atoms with E-state index < -0.39 is 8.25 Å². The lowest BCUT2D eigenvalue weighted by Gasteiger charge is -2.15. The van der Waals surface area contributed by atoms with Gasteiger partial charge >= 0.3 is 8.25 Å². The first-order valence-electron chi connectivity index (χ1n) is 7.24. The number of rotatable bonds is 13. The Hall–Kier alpha value is 0.110. The van der Waals surface area contributed by atoms with Crippen LogP contribution in [0.1, 0.15) is 52.9 Å². The largest absolute Gasteiger partial charge is 0.319 e. The molecule has 0 aliphatic rings. The molecule has 2 unspecified atom stereocenters. The minimum Gasteiger partial charge on any atom is -0.314 e. The maximum atomic E-state index is 11.2. The Morgan fingerprint density at radius 3 is 2.44 bits per heavy atom. The van der Waals surface area contributed by atoms with Crippen molar-refractivity contribution in [2.24, 2.45) is 5.92 Å². The smallest absolute Gasteiger partial charge is 0.314 e. The molecule has 18 heavy (non-hydrogen) atoms. The first-order valence-corrected chi connectivity index (χ1v) is 8.47. The van der Waals surface area contributed by atoms with Crippen LogP contribution in [0.25, 0.3) is 0 Å². The van der Waals surface area contributed by atoms with Crippen molar-refractivity contribution in [2.75, 3.05) is 26.3 Å². The van der Waals surface area contributed by atoms with E-state index in [0.717, 1.165) is 25.4 Å². The van der Waals surface area contributed by atoms with Gasteiger partial charge in [-0.2, -0.15) is 0 Å². The van der Waals surface area contributed by atoms with Crippen molar-refractivity contribution in [3.63, 3.8) is 0 Å². The summed E-state index contributed by atoms with van der Waals surface area (Å²) >= 11 is 0. The van der Waals surface area contributed by atoms with Crippen molar-refractivity contribution in [3.05, 3.63) is 0 Å². The Balaban J connectivity index is 3.39. The van der Waals surface area contributed by atoms with Crippen molar-refractivity contribution < 1.29 is 13.6 Å². The van der Waals surface area contributed by atoms with E-state index in [0.29, 0.717) is 13.2 Å². The van der Waals surface area contributed by atoms with Crippen LogP contribution < -0.4 is 5.32 Å². The van der Waals surface area contributed by atoms with E-state index in [2.05, 4.69) is 19.2 Å². The molecule has 0 saturated carbocycles. The topological polar surface area (TPSA) is 47.6 Å². The van der Waals surface area contributed by atoms with Crippen LogP contribution >= 0.6 is 8.25 Å². The van der Waals surface area contributed by atoms with Gasteiger partial charge in [-0.05, 0) is 25.3 Å². The van der Waals surface area contributed by atoms with Crippen LogP contribution in [-0.2, 0) is 13.6 Å². The van der Waals surface area contributed by atoms with Gasteiger partial charge in [-0.15, -0.1) is 0 Å². The van der Waals surface area contributed by atoms with Crippen LogP contribution in [0.2, 0.25) is 0 Å². The monoisotopic (exact) mass is 279 g/mol. The molecule has 110 valence electrons. The lowest BCUT2D eigenvalue weighted by molar-refractivity contribution is 0.224. The number of nitrogens with one attached hydrogen (secondary N) is 1. The molecule has 0 saturated heterocycles. The normalized spacial score (nSPS) is 14.6. The van der Waals surface area contributed by atoms with E-state index in [1.165, 1.54) is 25.7 Å². The molecule has 4 nitrogen and oxygen atoms in total. The first-order chi connectivity index (χ1) is 8.74. The summed E-state index contributed by atoms with van der Waals surface area (Å²) in [6.45, 7) is 9.19. The zero-order chi connectivity index (χ0) is 13.6. The Labute approximate surface area is 113 Å². The van der Waals surface area contributed by atoms with Crippen molar-refractivity contribution in [1.82, 2.24) is 5.32 Å². The van der Waals surface area contributed by atoms with Gasteiger partial charge in [0, 0.05) is 6.54 Å². The van der Waals surface area contributed by atoms with E-state index in [1.807, 2.05) is 6.92 Å². The molecule has 2 atom stereocenters. The second kappa shape index (κ2) is 13.5. The summed E-state index contributed by atoms with van der Waals surface area (Å²) < 4.78 is 21.3. The summed E-state index contributed by atoms with van der Waals surface area (Å²) in [7, 11) is -2.26. The second-order valence-electron chi connectivity index (χ2n) is 4.57. The first kappa shape index (κ1) is 18.1. The molecular weight excluding hydrogens is 249 g/mol. The molecule has 0 heterocycles. The molecule has 0 spiro atoms. The fourth-order valence-electron chi connectivity index (χ4n) is 1.68. The molecular formula is C13H30NO3P. The molecule has 0 aromatic carbocycles. The SMILES string of the molecule is CCCCC(CC)CNCCO[PH](=O)OCCC.